The summed E-state index contributed by atoms with van der Waals surface area (Å²) in [5, 5.41) is 2.78. The Hall–Kier alpha value is -0.620. The third kappa shape index (κ3) is 4.27. The van der Waals surface area contributed by atoms with Crippen LogP contribution in [-0.2, 0) is 4.79 Å². The number of halogens is 2. The summed E-state index contributed by atoms with van der Waals surface area (Å²) >= 11 is 6.80. The van der Waals surface area contributed by atoms with Crippen LogP contribution in [0.1, 0.15) is 13.8 Å². The highest BCUT2D eigenvalue weighted by Crippen LogP contribution is 2.26. The van der Waals surface area contributed by atoms with Crippen molar-refractivity contribution in [2.75, 3.05) is 24.5 Å². The molecule has 1 amide bonds. The van der Waals surface area contributed by atoms with E-state index in [1.54, 1.807) is 6.20 Å². The molecule has 0 radical (unpaired) electrons. The highest BCUT2D eigenvalue weighted by molar-refractivity contribution is 9.11. The average molecular weight is 365 g/mol. The number of nitrogens with one attached hydrogen (secondary N) is 1. The molecule has 0 fully saturated rings. The lowest BCUT2D eigenvalue weighted by atomic mass is 10.4. The number of likely N-dealkylation sites (N-methyl/N-ethyl adjacent to an activating group) is 2. The molecule has 0 saturated heterocycles. The molecule has 1 N–H and O–H groups in total. The minimum atomic E-state index is 0.00553. The fraction of sp³-hybridized carbons (Fsp3) is 0.455. The summed E-state index contributed by atoms with van der Waals surface area (Å²) in [5.41, 5.74) is 0. The van der Waals surface area contributed by atoms with Crippen molar-refractivity contribution in [1.82, 2.24) is 10.3 Å². The van der Waals surface area contributed by atoms with E-state index >= 15 is 0 Å². The minimum Gasteiger partial charge on any atom is -0.355 e. The predicted octanol–water partition coefficient (Wildman–Crippen LogP) is 2.57. The molecule has 0 atom stereocenters. The van der Waals surface area contributed by atoms with Gasteiger partial charge in [-0.25, -0.2) is 4.98 Å². The van der Waals surface area contributed by atoms with Crippen LogP contribution >= 0.6 is 31.9 Å². The van der Waals surface area contributed by atoms with Crippen molar-refractivity contribution in [2.24, 2.45) is 0 Å². The second kappa shape index (κ2) is 6.96. The Morgan fingerprint density at radius 1 is 1.47 bits per heavy atom. The van der Waals surface area contributed by atoms with Crippen molar-refractivity contribution >= 4 is 43.6 Å². The maximum Gasteiger partial charge on any atom is 0.239 e. The normalized spacial score (nSPS) is 10.1. The van der Waals surface area contributed by atoms with Gasteiger partial charge in [0, 0.05) is 23.8 Å². The van der Waals surface area contributed by atoms with Gasteiger partial charge >= 0.3 is 0 Å². The maximum absolute atomic E-state index is 11.6. The molecule has 1 aromatic rings. The van der Waals surface area contributed by atoms with Crippen LogP contribution in [0.15, 0.2) is 21.2 Å². The topological polar surface area (TPSA) is 45.2 Å². The lowest BCUT2D eigenvalue weighted by Gasteiger charge is -2.22. The van der Waals surface area contributed by atoms with Crippen molar-refractivity contribution in [3.63, 3.8) is 0 Å². The second-order valence-electron chi connectivity index (χ2n) is 3.43. The quantitative estimate of drug-likeness (QED) is 0.873. The maximum atomic E-state index is 11.6. The van der Waals surface area contributed by atoms with Crippen LogP contribution in [0.25, 0.3) is 0 Å². The summed E-state index contributed by atoms with van der Waals surface area (Å²) < 4.78 is 1.78. The molecule has 0 spiro atoms. The van der Waals surface area contributed by atoms with Crippen LogP contribution in [0.2, 0.25) is 0 Å². The minimum absolute atomic E-state index is 0.00553. The molecular weight excluding hydrogens is 350 g/mol. The third-order valence-electron chi connectivity index (χ3n) is 2.18. The molecule has 6 heteroatoms. The standard InChI is InChI=1S/C11H15Br2N3O/c1-3-14-10(17)7-16(4-2)11-9(13)5-8(12)6-15-11/h5-6H,3-4,7H2,1-2H3,(H,14,17). The summed E-state index contributed by atoms with van der Waals surface area (Å²) in [6, 6.07) is 1.92. The second-order valence-corrected chi connectivity index (χ2v) is 5.20. The molecule has 4 nitrogen and oxygen atoms in total. The highest BCUT2D eigenvalue weighted by Gasteiger charge is 2.13. The summed E-state index contributed by atoms with van der Waals surface area (Å²) in [6.07, 6.45) is 1.72. The van der Waals surface area contributed by atoms with Gasteiger partial charge < -0.3 is 10.2 Å². The molecule has 0 unspecified atom stereocenters. The monoisotopic (exact) mass is 363 g/mol. The molecule has 0 aliphatic heterocycles. The van der Waals surface area contributed by atoms with Crippen molar-refractivity contribution < 1.29 is 4.79 Å². The summed E-state index contributed by atoms with van der Waals surface area (Å²) in [4.78, 5) is 17.8. The van der Waals surface area contributed by atoms with E-state index in [4.69, 9.17) is 0 Å². The number of anilines is 1. The fourth-order valence-electron chi connectivity index (χ4n) is 1.40. The molecular formula is C11H15Br2N3O. The fourth-order valence-corrected chi connectivity index (χ4v) is 2.64. The lowest BCUT2D eigenvalue weighted by molar-refractivity contribution is -0.119. The summed E-state index contributed by atoms with van der Waals surface area (Å²) in [6.45, 7) is 5.59. The molecule has 0 bridgehead atoms. The number of carbonyl (C=O) groups excluding carboxylic acids is 1. The Morgan fingerprint density at radius 3 is 2.71 bits per heavy atom. The van der Waals surface area contributed by atoms with E-state index < -0.39 is 0 Å². The van der Waals surface area contributed by atoms with E-state index in [-0.39, 0.29) is 5.91 Å². The van der Waals surface area contributed by atoms with E-state index in [0.717, 1.165) is 21.3 Å². The third-order valence-corrected chi connectivity index (χ3v) is 3.20. The van der Waals surface area contributed by atoms with Gasteiger partial charge in [0.2, 0.25) is 5.91 Å². The molecule has 0 aliphatic rings. The van der Waals surface area contributed by atoms with Gasteiger partial charge in [0.15, 0.2) is 0 Å². The molecule has 0 aromatic carbocycles. The van der Waals surface area contributed by atoms with E-state index in [1.807, 2.05) is 24.8 Å². The van der Waals surface area contributed by atoms with Crippen LogP contribution in [0.5, 0.6) is 0 Å². The zero-order chi connectivity index (χ0) is 12.8. The Morgan fingerprint density at radius 2 is 2.18 bits per heavy atom. The number of nitrogens with zero attached hydrogens (tertiary/aromatic N) is 2. The first-order valence-corrected chi connectivity index (χ1v) is 6.99. The number of carbonyl (C=O) groups is 1. The number of aromatic nitrogens is 1. The average Bonchev–Trinajstić information content (AvgIpc) is 2.27. The number of pyridine rings is 1. The molecule has 94 valence electrons. The molecule has 1 heterocycles. The molecule has 0 aliphatic carbocycles. The molecule has 1 rings (SSSR count). The van der Waals surface area contributed by atoms with Crippen molar-refractivity contribution in [3.8, 4) is 0 Å². The Kier molecular flexibility index (Phi) is 5.91. The van der Waals surface area contributed by atoms with Crippen LogP contribution in [0.4, 0.5) is 5.82 Å². The lowest BCUT2D eigenvalue weighted by Crippen LogP contribution is -2.37. The zero-order valence-electron chi connectivity index (χ0n) is 9.83. The van der Waals surface area contributed by atoms with Crippen molar-refractivity contribution in [1.29, 1.82) is 0 Å². The highest BCUT2D eigenvalue weighted by atomic mass is 79.9. The first-order valence-electron chi connectivity index (χ1n) is 5.41. The zero-order valence-corrected chi connectivity index (χ0v) is 13.0. The Balaban J connectivity index is 2.82. The summed E-state index contributed by atoms with van der Waals surface area (Å²) in [5.74, 6) is 0.785. The van der Waals surface area contributed by atoms with E-state index in [0.29, 0.717) is 13.1 Å². The smallest absolute Gasteiger partial charge is 0.239 e. The first kappa shape index (κ1) is 14.4. The number of rotatable bonds is 5. The van der Waals surface area contributed by atoms with Crippen LogP contribution in [0, 0.1) is 0 Å². The van der Waals surface area contributed by atoms with Crippen molar-refractivity contribution in [3.05, 3.63) is 21.2 Å². The molecule has 17 heavy (non-hydrogen) atoms. The SMILES string of the molecule is CCNC(=O)CN(CC)c1ncc(Br)cc1Br. The van der Waals surface area contributed by atoms with E-state index in [1.165, 1.54) is 0 Å². The number of hydrogen-bond donors (Lipinski definition) is 1. The van der Waals surface area contributed by atoms with E-state index in [2.05, 4.69) is 42.2 Å². The van der Waals surface area contributed by atoms with Gasteiger partial charge in [-0.1, -0.05) is 0 Å². The van der Waals surface area contributed by atoms with E-state index in [9.17, 15) is 4.79 Å². The van der Waals surface area contributed by atoms with Crippen molar-refractivity contribution in [2.45, 2.75) is 13.8 Å². The number of hydrogen-bond acceptors (Lipinski definition) is 3. The molecule has 1 aromatic heterocycles. The number of amides is 1. The largest absolute Gasteiger partial charge is 0.355 e. The van der Waals surface area contributed by atoms with Crippen LogP contribution in [-0.4, -0.2) is 30.5 Å². The van der Waals surface area contributed by atoms with Gasteiger partial charge in [0.05, 0.1) is 11.0 Å². The summed E-state index contributed by atoms with van der Waals surface area (Å²) in [7, 11) is 0. The van der Waals surface area contributed by atoms with Gasteiger partial charge in [-0.2, -0.15) is 0 Å². The van der Waals surface area contributed by atoms with Gasteiger partial charge in [-0.3, -0.25) is 4.79 Å². The van der Waals surface area contributed by atoms with Gasteiger partial charge in [0.25, 0.3) is 0 Å². The van der Waals surface area contributed by atoms with Crippen LogP contribution in [0.3, 0.4) is 0 Å². The first-order chi connectivity index (χ1) is 8.08. The Labute approximate surface area is 118 Å². The van der Waals surface area contributed by atoms with Gasteiger partial charge in [-0.15, -0.1) is 0 Å². The molecule has 0 saturated carbocycles. The predicted molar refractivity (Wildman–Crippen MR) is 76.2 cm³/mol. The Bertz CT molecular complexity index is 398. The van der Waals surface area contributed by atoms with Crippen LogP contribution < -0.4 is 10.2 Å². The van der Waals surface area contributed by atoms with Gasteiger partial charge in [-0.05, 0) is 51.8 Å². The van der Waals surface area contributed by atoms with Gasteiger partial charge in [0.1, 0.15) is 5.82 Å².